The number of carbonyl (C=O) groups is 2. The van der Waals surface area contributed by atoms with Crippen molar-refractivity contribution in [2.24, 2.45) is 0 Å². The van der Waals surface area contributed by atoms with E-state index in [0.29, 0.717) is 23.1 Å². The molecule has 4 aromatic rings. The summed E-state index contributed by atoms with van der Waals surface area (Å²) in [4.78, 5) is 26.1. The molecule has 0 fully saturated rings. The highest BCUT2D eigenvalue weighted by Crippen LogP contribution is 2.29. The van der Waals surface area contributed by atoms with Crippen molar-refractivity contribution in [3.63, 3.8) is 0 Å². The lowest BCUT2D eigenvalue weighted by Gasteiger charge is -2.16. The van der Waals surface area contributed by atoms with Gasteiger partial charge in [-0.2, -0.15) is 11.3 Å². The van der Waals surface area contributed by atoms with E-state index in [2.05, 4.69) is 10.2 Å². The highest BCUT2D eigenvalue weighted by Gasteiger charge is 2.20. The Morgan fingerprint density at radius 1 is 1.09 bits per heavy atom. The number of amides is 1. The van der Waals surface area contributed by atoms with E-state index < -0.39 is 11.8 Å². The molecule has 4 rings (SSSR count). The first-order valence-electron chi connectivity index (χ1n) is 10.3. The van der Waals surface area contributed by atoms with Crippen molar-refractivity contribution in [1.29, 1.82) is 0 Å². The molecule has 0 unspecified atom stereocenters. The second-order valence-electron chi connectivity index (χ2n) is 7.29. The van der Waals surface area contributed by atoms with Gasteiger partial charge in [-0.25, -0.2) is 4.39 Å². The summed E-state index contributed by atoms with van der Waals surface area (Å²) >= 11 is 2.66. The van der Waals surface area contributed by atoms with Gasteiger partial charge in [-0.1, -0.05) is 42.1 Å². The van der Waals surface area contributed by atoms with Crippen LogP contribution in [0, 0.1) is 5.82 Å². The molecule has 2 aromatic heterocycles. The van der Waals surface area contributed by atoms with Crippen LogP contribution in [0.25, 0.3) is 17.1 Å². The predicted molar refractivity (Wildman–Crippen MR) is 129 cm³/mol. The number of ether oxygens (including phenoxy) is 1. The summed E-state index contributed by atoms with van der Waals surface area (Å²) in [5.41, 5.74) is 2.05. The Morgan fingerprint density at radius 3 is 2.59 bits per heavy atom. The first-order valence-corrected chi connectivity index (χ1v) is 12.2. The Kier molecular flexibility index (Phi) is 7.71. The lowest BCUT2D eigenvalue weighted by atomic mass is 10.2. The molecule has 2 aromatic carbocycles. The number of likely N-dealkylation sites (N-methyl/N-ethyl adjacent to an activating group) is 1. The van der Waals surface area contributed by atoms with Gasteiger partial charge in [-0.3, -0.25) is 14.2 Å². The fourth-order valence-electron chi connectivity index (χ4n) is 3.15. The number of hydrogen-bond donors (Lipinski definition) is 0. The van der Waals surface area contributed by atoms with Crippen molar-refractivity contribution in [3.8, 4) is 17.1 Å². The summed E-state index contributed by atoms with van der Waals surface area (Å²) in [6.45, 7) is 0.111. The van der Waals surface area contributed by atoms with Crippen LogP contribution in [-0.2, 0) is 20.9 Å². The molecule has 0 radical (unpaired) electrons. The van der Waals surface area contributed by atoms with Crippen LogP contribution >= 0.6 is 23.1 Å². The Balaban J connectivity index is 1.42. The monoisotopic (exact) mass is 496 g/mol. The highest BCUT2D eigenvalue weighted by atomic mass is 32.2. The third-order valence-corrected chi connectivity index (χ3v) is 6.50. The second-order valence-corrected chi connectivity index (χ2v) is 9.01. The molecule has 2 heterocycles. The topological polar surface area (TPSA) is 77.3 Å². The quantitative estimate of drug-likeness (QED) is 0.252. The number of esters is 1. The molecule has 0 aliphatic heterocycles. The molecule has 1 amide bonds. The van der Waals surface area contributed by atoms with Gasteiger partial charge in [0.1, 0.15) is 5.82 Å². The largest absolute Gasteiger partial charge is 0.455 e. The van der Waals surface area contributed by atoms with Gasteiger partial charge < -0.3 is 9.64 Å². The molecule has 0 N–H and O–H groups in total. The molecule has 0 atom stereocenters. The van der Waals surface area contributed by atoms with E-state index in [1.807, 2.05) is 47.2 Å². The average molecular weight is 497 g/mol. The van der Waals surface area contributed by atoms with Crippen molar-refractivity contribution in [2.45, 2.75) is 11.7 Å². The average Bonchev–Trinajstić information content (AvgIpc) is 3.52. The molecule has 0 bridgehead atoms. The van der Waals surface area contributed by atoms with E-state index in [0.717, 1.165) is 23.0 Å². The molecule has 0 saturated carbocycles. The molecule has 0 aliphatic carbocycles. The fraction of sp³-hybridized carbons (Fsp3) is 0.167. The summed E-state index contributed by atoms with van der Waals surface area (Å²) in [6, 6.07) is 17.5. The first-order chi connectivity index (χ1) is 16.5. The van der Waals surface area contributed by atoms with Crippen LogP contribution in [0.1, 0.15) is 5.56 Å². The van der Waals surface area contributed by atoms with E-state index in [1.54, 1.807) is 41.2 Å². The number of aromatic nitrogens is 3. The van der Waals surface area contributed by atoms with Crippen LogP contribution in [0.4, 0.5) is 4.39 Å². The third kappa shape index (κ3) is 5.70. The number of para-hydroxylation sites is 1. The normalized spacial score (nSPS) is 10.8. The maximum absolute atomic E-state index is 14.5. The summed E-state index contributed by atoms with van der Waals surface area (Å²) in [6.07, 6.45) is 0. The maximum atomic E-state index is 14.5. The zero-order valence-corrected chi connectivity index (χ0v) is 19.9. The van der Waals surface area contributed by atoms with Crippen molar-refractivity contribution >= 4 is 35.0 Å². The highest BCUT2D eigenvalue weighted by molar-refractivity contribution is 7.99. The van der Waals surface area contributed by atoms with E-state index in [-0.39, 0.29) is 18.3 Å². The van der Waals surface area contributed by atoms with Gasteiger partial charge in [0.15, 0.2) is 17.6 Å². The van der Waals surface area contributed by atoms with Crippen LogP contribution in [0.2, 0.25) is 0 Å². The van der Waals surface area contributed by atoms with E-state index in [4.69, 9.17) is 4.74 Å². The maximum Gasteiger partial charge on any atom is 0.316 e. The van der Waals surface area contributed by atoms with Crippen molar-refractivity contribution in [2.75, 3.05) is 19.4 Å². The third-order valence-electron chi connectivity index (χ3n) is 4.86. The minimum absolute atomic E-state index is 0.0796. The first kappa shape index (κ1) is 23.7. The summed E-state index contributed by atoms with van der Waals surface area (Å²) in [5.74, 6) is -1.03. The van der Waals surface area contributed by atoms with Crippen LogP contribution < -0.4 is 0 Å². The SMILES string of the molecule is CN(Cc1ccsc1)C(=O)COC(=O)CSc1nnc(-c2ccccc2F)n1-c1ccccc1. The Bertz CT molecular complexity index is 1260. The van der Waals surface area contributed by atoms with Gasteiger partial charge in [0.2, 0.25) is 0 Å². The molecule has 0 aliphatic rings. The fourth-order valence-corrected chi connectivity index (χ4v) is 4.56. The number of thiophene rings is 1. The number of benzene rings is 2. The van der Waals surface area contributed by atoms with Gasteiger partial charge in [0.25, 0.3) is 5.91 Å². The Labute approximate surface area is 204 Å². The van der Waals surface area contributed by atoms with Crippen molar-refractivity contribution in [3.05, 3.63) is 82.8 Å². The van der Waals surface area contributed by atoms with E-state index >= 15 is 0 Å². The molecule has 10 heteroatoms. The van der Waals surface area contributed by atoms with Crippen LogP contribution in [-0.4, -0.2) is 50.9 Å². The molecule has 34 heavy (non-hydrogen) atoms. The zero-order chi connectivity index (χ0) is 23.9. The second kappa shape index (κ2) is 11.1. The minimum atomic E-state index is -0.558. The van der Waals surface area contributed by atoms with Crippen LogP contribution in [0.5, 0.6) is 0 Å². The zero-order valence-electron chi connectivity index (χ0n) is 18.3. The van der Waals surface area contributed by atoms with Gasteiger partial charge in [-0.15, -0.1) is 10.2 Å². The number of rotatable bonds is 9. The lowest BCUT2D eigenvalue weighted by molar-refractivity contribution is -0.149. The number of thioether (sulfide) groups is 1. The summed E-state index contributed by atoms with van der Waals surface area (Å²) < 4.78 is 21.3. The molecular weight excluding hydrogens is 475 g/mol. The number of nitrogens with zero attached hydrogens (tertiary/aromatic N) is 4. The number of hydrogen-bond acceptors (Lipinski definition) is 7. The Morgan fingerprint density at radius 2 is 1.85 bits per heavy atom. The molecule has 0 spiro atoms. The Hall–Kier alpha value is -3.50. The van der Waals surface area contributed by atoms with Crippen LogP contribution in [0.15, 0.2) is 76.6 Å². The number of carbonyl (C=O) groups excluding carboxylic acids is 2. The predicted octanol–water partition coefficient (Wildman–Crippen LogP) is 4.43. The van der Waals surface area contributed by atoms with Gasteiger partial charge in [0, 0.05) is 19.3 Å². The summed E-state index contributed by atoms with van der Waals surface area (Å²) in [7, 11) is 1.66. The van der Waals surface area contributed by atoms with Crippen LogP contribution in [0.3, 0.4) is 0 Å². The standard InChI is InChI=1S/C24H21FN4O3S2/c1-28(13-17-11-12-33-15-17)21(30)14-32-22(31)16-34-24-27-26-23(19-9-5-6-10-20(19)25)29(24)18-7-3-2-4-8-18/h2-12,15H,13-14,16H2,1H3. The smallest absolute Gasteiger partial charge is 0.316 e. The van der Waals surface area contributed by atoms with Crippen molar-refractivity contribution in [1.82, 2.24) is 19.7 Å². The minimum Gasteiger partial charge on any atom is -0.455 e. The van der Waals surface area contributed by atoms with E-state index in [9.17, 15) is 14.0 Å². The van der Waals surface area contributed by atoms with Gasteiger partial charge in [0.05, 0.1) is 11.3 Å². The lowest BCUT2D eigenvalue weighted by Crippen LogP contribution is -2.31. The molecular formula is C24H21FN4O3S2. The summed E-state index contributed by atoms with van der Waals surface area (Å²) in [5, 5.41) is 12.7. The molecule has 0 saturated heterocycles. The number of halogens is 1. The van der Waals surface area contributed by atoms with Gasteiger partial charge >= 0.3 is 5.97 Å². The molecule has 7 nitrogen and oxygen atoms in total. The van der Waals surface area contributed by atoms with E-state index in [1.165, 1.54) is 11.0 Å². The van der Waals surface area contributed by atoms with Crippen molar-refractivity contribution < 1.29 is 18.7 Å². The van der Waals surface area contributed by atoms with Gasteiger partial charge in [-0.05, 0) is 46.7 Å². The molecule has 174 valence electrons.